The van der Waals surface area contributed by atoms with Gasteiger partial charge in [0.25, 0.3) is 11.8 Å². The van der Waals surface area contributed by atoms with E-state index in [1.807, 2.05) is 29.2 Å². The highest BCUT2D eigenvalue weighted by Gasteiger charge is 2.34. The van der Waals surface area contributed by atoms with Gasteiger partial charge in [-0.05, 0) is 43.4 Å². The summed E-state index contributed by atoms with van der Waals surface area (Å²) >= 11 is 1.49. The van der Waals surface area contributed by atoms with Crippen molar-refractivity contribution in [3.63, 3.8) is 0 Å². The summed E-state index contributed by atoms with van der Waals surface area (Å²) in [6.07, 6.45) is 5.99. The normalized spacial score (nSPS) is 16.7. The largest absolute Gasteiger partial charge is 0.349 e. The zero-order valence-corrected chi connectivity index (χ0v) is 17.5. The van der Waals surface area contributed by atoms with Gasteiger partial charge in [-0.1, -0.05) is 32.9 Å². The van der Waals surface area contributed by atoms with Crippen LogP contribution in [0.4, 0.5) is 0 Å². The van der Waals surface area contributed by atoms with Gasteiger partial charge in [0, 0.05) is 29.6 Å². The molecule has 1 N–H and O–H groups in total. The molecule has 0 spiro atoms. The number of thiazole rings is 1. The van der Waals surface area contributed by atoms with Crippen molar-refractivity contribution in [3.8, 4) is 0 Å². The summed E-state index contributed by atoms with van der Waals surface area (Å²) in [5.74, 6) is 0.0506. The maximum absolute atomic E-state index is 13.1. The number of benzene rings is 1. The van der Waals surface area contributed by atoms with Crippen LogP contribution in [0.3, 0.4) is 0 Å². The lowest BCUT2D eigenvalue weighted by Crippen LogP contribution is -2.32. The van der Waals surface area contributed by atoms with Gasteiger partial charge >= 0.3 is 0 Å². The van der Waals surface area contributed by atoms with E-state index >= 15 is 0 Å². The Labute approximate surface area is 170 Å². The third-order valence-electron chi connectivity index (χ3n) is 5.09. The van der Waals surface area contributed by atoms with E-state index < -0.39 is 0 Å². The van der Waals surface area contributed by atoms with E-state index in [4.69, 9.17) is 0 Å². The maximum atomic E-state index is 13.1. The van der Waals surface area contributed by atoms with Crippen molar-refractivity contribution in [2.75, 3.05) is 0 Å². The first-order valence-electron chi connectivity index (χ1n) is 9.98. The second-order valence-corrected chi connectivity index (χ2v) is 9.92. The van der Waals surface area contributed by atoms with Crippen molar-refractivity contribution < 1.29 is 9.59 Å². The maximum Gasteiger partial charge on any atom is 0.266 e. The molecule has 0 unspecified atom stereocenters. The molecular weight excluding hydrogens is 370 g/mol. The fourth-order valence-corrected chi connectivity index (χ4v) is 4.00. The van der Waals surface area contributed by atoms with Crippen molar-refractivity contribution in [1.29, 1.82) is 0 Å². The number of carbonyl (C=O) groups excluding carboxylic acids is 2. The van der Waals surface area contributed by atoms with E-state index in [9.17, 15) is 9.59 Å². The summed E-state index contributed by atoms with van der Waals surface area (Å²) < 4.78 is 0. The SMILES string of the molecule is CC(C)(C)c1ncc(C(=O)N(Cc2ccc(C(=O)NC3CC3)cc2)C2CC2)s1. The van der Waals surface area contributed by atoms with Gasteiger partial charge in [0.1, 0.15) is 4.88 Å². The van der Waals surface area contributed by atoms with Gasteiger partial charge < -0.3 is 10.2 Å². The monoisotopic (exact) mass is 397 g/mol. The van der Waals surface area contributed by atoms with Gasteiger partial charge in [0.2, 0.25) is 0 Å². The quantitative estimate of drug-likeness (QED) is 0.797. The molecule has 2 amide bonds. The summed E-state index contributed by atoms with van der Waals surface area (Å²) in [6.45, 7) is 6.90. The highest BCUT2D eigenvalue weighted by molar-refractivity contribution is 7.13. The standard InChI is InChI=1S/C22H27N3O2S/c1-22(2,3)21-23-12-18(28-21)20(27)25(17-10-11-17)13-14-4-6-15(7-5-14)19(26)24-16-8-9-16/h4-7,12,16-17H,8-11,13H2,1-3H3,(H,24,26). The Hall–Kier alpha value is -2.21. The summed E-state index contributed by atoms with van der Waals surface area (Å²) in [7, 11) is 0. The molecule has 0 atom stereocenters. The minimum absolute atomic E-state index is 0.0106. The molecule has 1 aromatic heterocycles. The molecule has 2 fully saturated rings. The van der Waals surface area contributed by atoms with Gasteiger partial charge in [-0.25, -0.2) is 4.98 Å². The molecule has 0 aliphatic heterocycles. The predicted octanol–water partition coefficient (Wildman–Crippen LogP) is 4.14. The Balaban J connectivity index is 1.45. The van der Waals surface area contributed by atoms with Crippen LogP contribution >= 0.6 is 11.3 Å². The summed E-state index contributed by atoms with van der Waals surface area (Å²) in [6, 6.07) is 8.29. The molecule has 28 heavy (non-hydrogen) atoms. The summed E-state index contributed by atoms with van der Waals surface area (Å²) in [4.78, 5) is 32.4. The molecular formula is C22H27N3O2S. The number of amides is 2. The van der Waals surface area contributed by atoms with Crippen LogP contribution in [0.5, 0.6) is 0 Å². The van der Waals surface area contributed by atoms with Crippen molar-refractivity contribution in [2.24, 2.45) is 0 Å². The van der Waals surface area contributed by atoms with Crippen LogP contribution < -0.4 is 5.32 Å². The molecule has 0 radical (unpaired) electrons. The second-order valence-electron chi connectivity index (χ2n) is 8.89. The Morgan fingerprint density at radius 1 is 1.14 bits per heavy atom. The lowest BCUT2D eigenvalue weighted by Gasteiger charge is -2.22. The molecule has 2 saturated carbocycles. The number of hydrogen-bond acceptors (Lipinski definition) is 4. The fourth-order valence-electron chi connectivity index (χ4n) is 3.07. The first-order valence-corrected chi connectivity index (χ1v) is 10.8. The third-order valence-corrected chi connectivity index (χ3v) is 6.50. The molecule has 0 bridgehead atoms. The van der Waals surface area contributed by atoms with Crippen LogP contribution in [-0.4, -0.2) is 33.8 Å². The van der Waals surface area contributed by atoms with Gasteiger partial charge in [0.05, 0.1) is 11.2 Å². The number of nitrogens with one attached hydrogen (secondary N) is 1. The van der Waals surface area contributed by atoms with E-state index in [1.165, 1.54) is 11.3 Å². The fraction of sp³-hybridized carbons (Fsp3) is 0.500. The Morgan fingerprint density at radius 2 is 1.82 bits per heavy atom. The number of nitrogens with zero attached hydrogens (tertiary/aromatic N) is 2. The zero-order valence-electron chi connectivity index (χ0n) is 16.7. The van der Waals surface area contributed by atoms with E-state index in [1.54, 1.807) is 6.20 Å². The summed E-state index contributed by atoms with van der Waals surface area (Å²) in [5, 5.41) is 3.99. The van der Waals surface area contributed by atoms with Crippen LogP contribution in [0.25, 0.3) is 0 Å². The first kappa shape index (κ1) is 19.1. The molecule has 5 nitrogen and oxygen atoms in total. The topological polar surface area (TPSA) is 62.3 Å². The van der Waals surface area contributed by atoms with Crippen molar-refractivity contribution in [2.45, 2.75) is 70.5 Å². The highest BCUT2D eigenvalue weighted by atomic mass is 32.1. The smallest absolute Gasteiger partial charge is 0.266 e. The van der Waals surface area contributed by atoms with Crippen molar-refractivity contribution in [1.82, 2.24) is 15.2 Å². The molecule has 6 heteroatoms. The molecule has 4 rings (SSSR count). The highest BCUT2D eigenvalue weighted by Crippen LogP contribution is 2.33. The van der Waals surface area contributed by atoms with E-state index in [0.717, 1.165) is 36.3 Å². The minimum Gasteiger partial charge on any atom is -0.349 e. The minimum atomic E-state index is -0.0511. The van der Waals surface area contributed by atoms with Crippen LogP contribution in [0.1, 0.15) is 77.1 Å². The van der Waals surface area contributed by atoms with Crippen LogP contribution in [0.15, 0.2) is 30.5 Å². The van der Waals surface area contributed by atoms with Crippen LogP contribution in [-0.2, 0) is 12.0 Å². The molecule has 1 aromatic carbocycles. The molecule has 2 aliphatic rings. The van der Waals surface area contributed by atoms with Gasteiger partial charge in [-0.3, -0.25) is 9.59 Å². The summed E-state index contributed by atoms with van der Waals surface area (Å²) in [5.41, 5.74) is 1.67. The average Bonchev–Trinajstić information content (AvgIpc) is 3.58. The molecule has 2 aliphatic carbocycles. The number of rotatable bonds is 6. The Kier molecular flexibility index (Phi) is 5.00. The van der Waals surface area contributed by atoms with Crippen LogP contribution in [0, 0.1) is 0 Å². The molecule has 2 aromatic rings. The molecule has 0 saturated heterocycles. The average molecular weight is 398 g/mol. The third kappa shape index (κ3) is 4.43. The van der Waals surface area contributed by atoms with Crippen LogP contribution in [0.2, 0.25) is 0 Å². The number of aromatic nitrogens is 1. The molecule has 1 heterocycles. The molecule has 148 valence electrons. The lowest BCUT2D eigenvalue weighted by molar-refractivity contribution is 0.0734. The lowest BCUT2D eigenvalue weighted by atomic mass is 9.98. The van der Waals surface area contributed by atoms with E-state index in [0.29, 0.717) is 29.1 Å². The Morgan fingerprint density at radius 3 is 2.36 bits per heavy atom. The van der Waals surface area contributed by atoms with E-state index in [-0.39, 0.29) is 17.2 Å². The van der Waals surface area contributed by atoms with Crippen molar-refractivity contribution in [3.05, 3.63) is 51.5 Å². The Bertz CT molecular complexity index is 874. The zero-order chi connectivity index (χ0) is 19.9. The van der Waals surface area contributed by atoms with Gasteiger partial charge in [-0.2, -0.15) is 0 Å². The second kappa shape index (κ2) is 7.32. The van der Waals surface area contributed by atoms with Gasteiger partial charge in [0.15, 0.2) is 0 Å². The predicted molar refractivity (Wildman–Crippen MR) is 111 cm³/mol. The number of carbonyl (C=O) groups is 2. The number of hydrogen-bond donors (Lipinski definition) is 1. The first-order chi connectivity index (χ1) is 13.3. The van der Waals surface area contributed by atoms with Gasteiger partial charge in [-0.15, -0.1) is 11.3 Å². The van der Waals surface area contributed by atoms with Crippen molar-refractivity contribution >= 4 is 23.2 Å². The van der Waals surface area contributed by atoms with E-state index in [2.05, 4.69) is 31.1 Å².